The van der Waals surface area contributed by atoms with E-state index in [1.165, 1.54) is 29.4 Å². The van der Waals surface area contributed by atoms with Gasteiger partial charge in [-0.25, -0.2) is 4.98 Å². The van der Waals surface area contributed by atoms with Gasteiger partial charge in [0.1, 0.15) is 0 Å². The molecule has 0 spiro atoms. The Morgan fingerprint density at radius 1 is 1.53 bits per heavy atom. The van der Waals surface area contributed by atoms with Crippen LogP contribution in [0.3, 0.4) is 0 Å². The maximum Gasteiger partial charge on any atom is 0.0981 e. The number of nitrogens with one attached hydrogen (secondary N) is 1. The zero-order valence-electron chi connectivity index (χ0n) is 11.3. The highest BCUT2D eigenvalue weighted by Crippen LogP contribution is 2.26. The molecule has 96 valence electrons. The van der Waals surface area contributed by atoms with Crippen molar-refractivity contribution in [1.82, 2.24) is 15.2 Å². The van der Waals surface area contributed by atoms with E-state index >= 15 is 0 Å². The Balaban J connectivity index is 1.85. The first-order chi connectivity index (χ1) is 7.95. The molecule has 1 atom stereocenters. The first-order valence-corrected chi connectivity index (χ1v) is 7.14. The number of aromatic nitrogens is 1. The number of hydrogen-bond acceptors (Lipinski definition) is 4. The molecule has 1 unspecified atom stereocenters. The molecule has 1 saturated heterocycles. The van der Waals surface area contributed by atoms with Crippen molar-refractivity contribution < 1.29 is 0 Å². The van der Waals surface area contributed by atoms with Gasteiger partial charge in [0, 0.05) is 35.6 Å². The van der Waals surface area contributed by atoms with Crippen molar-refractivity contribution >= 4 is 11.3 Å². The average molecular weight is 253 g/mol. The van der Waals surface area contributed by atoms with Gasteiger partial charge in [0.05, 0.1) is 5.01 Å². The fourth-order valence-corrected chi connectivity index (χ4v) is 3.00. The van der Waals surface area contributed by atoms with E-state index in [9.17, 15) is 0 Å². The number of nitrogens with zero attached hydrogens (tertiary/aromatic N) is 2. The summed E-state index contributed by atoms with van der Waals surface area (Å²) in [6.45, 7) is 10.0. The first kappa shape index (κ1) is 13.0. The van der Waals surface area contributed by atoms with E-state index in [4.69, 9.17) is 0 Å². The van der Waals surface area contributed by atoms with Gasteiger partial charge in [-0.2, -0.15) is 0 Å². The van der Waals surface area contributed by atoms with Crippen LogP contribution >= 0.6 is 11.3 Å². The van der Waals surface area contributed by atoms with Gasteiger partial charge in [0.25, 0.3) is 0 Å². The third kappa shape index (κ3) is 3.50. The van der Waals surface area contributed by atoms with Crippen molar-refractivity contribution in [3.63, 3.8) is 0 Å². The Morgan fingerprint density at radius 3 is 2.82 bits per heavy atom. The van der Waals surface area contributed by atoms with Gasteiger partial charge < -0.3 is 10.2 Å². The normalized spacial score (nSPS) is 22.2. The fourth-order valence-electron chi connectivity index (χ4n) is 2.08. The second-order valence-corrected chi connectivity index (χ2v) is 7.13. The van der Waals surface area contributed by atoms with Gasteiger partial charge >= 0.3 is 0 Å². The maximum atomic E-state index is 4.52. The van der Waals surface area contributed by atoms with Crippen LogP contribution in [0.1, 0.15) is 37.1 Å². The molecule has 0 radical (unpaired) electrons. The van der Waals surface area contributed by atoms with Gasteiger partial charge in [0.2, 0.25) is 0 Å². The van der Waals surface area contributed by atoms with Crippen molar-refractivity contribution in [2.24, 2.45) is 0 Å². The lowest BCUT2D eigenvalue weighted by molar-refractivity contribution is 0.398. The number of rotatable bonds is 3. The summed E-state index contributed by atoms with van der Waals surface area (Å²) in [4.78, 5) is 8.25. The van der Waals surface area contributed by atoms with E-state index in [0.29, 0.717) is 6.04 Å². The molecule has 0 bridgehead atoms. The second-order valence-electron chi connectivity index (χ2n) is 6.01. The molecule has 1 fully saturated rings. The van der Waals surface area contributed by atoms with Crippen molar-refractivity contribution in [2.45, 2.75) is 45.2 Å². The van der Waals surface area contributed by atoms with Crippen LogP contribution in [0.15, 0.2) is 6.20 Å². The summed E-state index contributed by atoms with van der Waals surface area (Å²) in [5.41, 5.74) is 0.177. The molecule has 17 heavy (non-hydrogen) atoms. The van der Waals surface area contributed by atoms with Crippen LogP contribution in [0.25, 0.3) is 0 Å². The molecule has 0 aromatic carbocycles. The van der Waals surface area contributed by atoms with Crippen LogP contribution in [0.2, 0.25) is 0 Å². The summed E-state index contributed by atoms with van der Waals surface area (Å²) >= 11 is 1.84. The Labute approximate surface area is 108 Å². The molecule has 3 nitrogen and oxygen atoms in total. The van der Waals surface area contributed by atoms with E-state index in [2.05, 4.69) is 43.0 Å². The Bertz CT molecular complexity index is 367. The molecule has 2 rings (SSSR count). The zero-order chi connectivity index (χ0) is 12.5. The minimum atomic E-state index is 0.177. The van der Waals surface area contributed by atoms with Crippen LogP contribution in [-0.2, 0) is 12.0 Å². The molecule has 1 aromatic rings. The third-order valence-electron chi connectivity index (χ3n) is 3.15. The smallest absolute Gasteiger partial charge is 0.0981 e. The quantitative estimate of drug-likeness (QED) is 0.895. The van der Waals surface area contributed by atoms with Crippen molar-refractivity contribution in [3.8, 4) is 0 Å². The molecule has 0 saturated carbocycles. The maximum absolute atomic E-state index is 4.52. The molecule has 1 aromatic heterocycles. The van der Waals surface area contributed by atoms with Gasteiger partial charge in [0.15, 0.2) is 0 Å². The SMILES string of the molecule is CN1CCC(NCc2cnc(C(C)(C)C)s2)C1. The fraction of sp³-hybridized carbons (Fsp3) is 0.769. The van der Waals surface area contributed by atoms with E-state index in [1.807, 2.05) is 17.5 Å². The van der Waals surface area contributed by atoms with Crippen LogP contribution in [0, 0.1) is 0 Å². The van der Waals surface area contributed by atoms with Crippen LogP contribution in [0.5, 0.6) is 0 Å². The van der Waals surface area contributed by atoms with E-state index in [0.717, 1.165) is 6.54 Å². The molecular formula is C13H23N3S. The molecule has 0 aliphatic carbocycles. The van der Waals surface area contributed by atoms with Crippen molar-refractivity contribution in [3.05, 3.63) is 16.1 Å². The number of likely N-dealkylation sites (N-methyl/N-ethyl adjacent to an activating group) is 1. The summed E-state index contributed by atoms with van der Waals surface area (Å²) < 4.78 is 0. The molecule has 0 amide bonds. The largest absolute Gasteiger partial charge is 0.308 e. The summed E-state index contributed by atoms with van der Waals surface area (Å²) in [6, 6.07) is 0.653. The van der Waals surface area contributed by atoms with Gasteiger partial charge in [-0.15, -0.1) is 11.3 Å². The molecule has 1 N–H and O–H groups in total. The lowest BCUT2D eigenvalue weighted by atomic mass is 9.98. The minimum Gasteiger partial charge on any atom is -0.308 e. The highest BCUT2D eigenvalue weighted by Gasteiger charge is 2.20. The Hall–Kier alpha value is -0.450. The van der Waals surface area contributed by atoms with Crippen molar-refractivity contribution in [2.75, 3.05) is 20.1 Å². The number of thiazole rings is 1. The summed E-state index contributed by atoms with van der Waals surface area (Å²) in [6.07, 6.45) is 3.29. The van der Waals surface area contributed by atoms with Gasteiger partial charge in [-0.1, -0.05) is 20.8 Å². The molecule has 1 aliphatic heterocycles. The third-order valence-corrected chi connectivity index (χ3v) is 4.57. The molecule has 1 aliphatic rings. The minimum absolute atomic E-state index is 0.177. The Kier molecular flexibility index (Phi) is 3.85. The van der Waals surface area contributed by atoms with Crippen LogP contribution in [0.4, 0.5) is 0 Å². The Morgan fingerprint density at radius 2 is 2.29 bits per heavy atom. The number of likely N-dealkylation sites (tertiary alicyclic amines) is 1. The molecule has 4 heteroatoms. The van der Waals surface area contributed by atoms with Gasteiger partial charge in [-0.05, 0) is 20.0 Å². The molecular weight excluding hydrogens is 230 g/mol. The standard InChI is InChI=1S/C13H23N3S/c1-13(2,3)12-15-8-11(17-12)7-14-10-5-6-16(4)9-10/h8,10,14H,5-7,9H2,1-4H3. The average Bonchev–Trinajstić information content (AvgIpc) is 2.82. The van der Waals surface area contributed by atoms with Crippen LogP contribution in [-0.4, -0.2) is 36.1 Å². The van der Waals surface area contributed by atoms with Gasteiger partial charge in [-0.3, -0.25) is 0 Å². The first-order valence-electron chi connectivity index (χ1n) is 6.32. The lowest BCUT2D eigenvalue weighted by Crippen LogP contribution is -2.30. The lowest BCUT2D eigenvalue weighted by Gasteiger charge is -2.14. The summed E-state index contributed by atoms with van der Waals surface area (Å²) in [5.74, 6) is 0. The monoisotopic (exact) mass is 253 g/mol. The van der Waals surface area contributed by atoms with E-state index < -0.39 is 0 Å². The summed E-state index contributed by atoms with van der Waals surface area (Å²) in [5, 5.41) is 4.86. The predicted molar refractivity (Wildman–Crippen MR) is 73.6 cm³/mol. The van der Waals surface area contributed by atoms with E-state index in [-0.39, 0.29) is 5.41 Å². The van der Waals surface area contributed by atoms with E-state index in [1.54, 1.807) is 0 Å². The van der Waals surface area contributed by atoms with Crippen LogP contribution < -0.4 is 5.32 Å². The zero-order valence-corrected chi connectivity index (χ0v) is 12.1. The molecule has 2 heterocycles. The highest BCUT2D eigenvalue weighted by atomic mass is 32.1. The summed E-state index contributed by atoms with van der Waals surface area (Å²) in [7, 11) is 2.19. The number of hydrogen-bond donors (Lipinski definition) is 1. The predicted octanol–water partition coefficient (Wildman–Crippen LogP) is 2.23. The second kappa shape index (κ2) is 5.04. The van der Waals surface area contributed by atoms with Crippen molar-refractivity contribution in [1.29, 1.82) is 0 Å². The topological polar surface area (TPSA) is 28.2 Å². The highest BCUT2D eigenvalue weighted by molar-refractivity contribution is 7.11.